The van der Waals surface area contributed by atoms with E-state index in [-0.39, 0.29) is 11.9 Å². The van der Waals surface area contributed by atoms with Crippen molar-refractivity contribution in [3.63, 3.8) is 0 Å². The maximum atomic E-state index is 12.8. The zero-order valence-electron chi connectivity index (χ0n) is 13.1. The van der Waals surface area contributed by atoms with Crippen LogP contribution in [-0.2, 0) is 4.79 Å². The first-order valence-electron chi connectivity index (χ1n) is 7.39. The molecule has 3 amide bonds. The molecule has 0 aromatic carbocycles. The fraction of sp³-hybridized carbons (Fsp3) is 0.857. The molecule has 0 bridgehead atoms. The molecule has 20 heavy (non-hydrogen) atoms. The van der Waals surface area contributed by atoms with Gasteiger partial charge in [0.1, 0.15) is 5.54 Å². The summed E-state index contributed by atoms with van der Waals surface area (Å²) in [6.45, 7) is 5.51. The number of urea groups is 1. The Bertz CT molecular complexity index is 389. The van der Waals surface area contributed by atoms with Gasteiger partial charge in [-0.1, -0.05) is 0 Å². The summed E-state index contributed by atoms with van der Waals surface area (Å²) in [5, 5.41) is 0. The Balaban J connectivity index is 2.19. The number of amides is 3. The first-order chi connectivity index (χ1) is 9.42. The Morgan fingerprint density at radius 3 is 2.30 bits per heavy atom. The van der Waals surface area contributed by atoms with Gasteiger partial charge in [-0.25, -0.2) is 4.79 Å². The average Bonchev–Trinajstić information content (AvgIpc) is 2.59. The summed E-state index contributed by atoms with van der Waals surface area (Å²) < 4.78 is 0. The molecule has 6 heteroatoms. The molecular formula is C14H26N4O2. The predicted octanol–water partition coefficient (Wildman–Crippen LogP) is 0.297. The fourth-order valence-corrected chi connectivity index (χ4v) is 3.19. The number of piperidine rings is 1. The molecule has 1 spiro atoms. The Morgan fingerprint density at radius 2 is 1.80 bits per heavy atom. The van der Waals surface area contributed by atoms with Gasteiger partial charge in [-0.05, 0) is 40.9 Å². The molecule has 0 N–H and O–H groups in total. The molecule has 2 aliphatic rings. The highest BCUT2D eigenvalue weighted by Crippen LogP contribution is 2.36. The quantitative estimate of drug-likeness (QED) is 0.696. The fourth-order valence-electron chi connectivity index (χ4n) is 3.19. The molecule has 2 fully saturated rings. The molecule has 114 valence electrons. The third-order valence-electron chi connectivity index (χ3n) is 4.52. The van der Waals surface area contributed by atoms with Crippen LogP contribution in [0.25, 0.3) is 0 Å². The summed E-state index contributed by atoms with van der Waals surface area (Å²) in [5.41, 5.74) is -0.579. The summed E-state index contributed by atoms with van der Waals surface area (Å²) in [6.07, 6.45) is 1.50. The smallest absolute Gasteiger partial charge is 0.310 e. The van der Waals surface area contributed by atoms with E-state index in [9.17, 15) is 9.59 Å². The lowest BCUT2D eigenvalue weighted by atomic mass is 9.86. The van der Waals surface area contributed by atoms with Crippen LogP contribution in [0.5, 0.6) is 0 Å². The molecule has 0 aromatic rings. The third-order valence-corrected chi connectivity index (χ3v) is 4.52. The number of carbonyl (C=O) groups excluding carboxylic acids is 2. The van der Waals surface area contributed by atoms with Gasteiger partial charge in [0.05, 0.1) is 0 Å². The number of imide groups is 1. The standard InChI is InChI=1S/C14H26N4O2/c1-5-18-13(20)17(11-10-15(2)3)12(19)14(18)6-8-16(4)9-7-14/h5-11H2,1-4H3. The van der Waals surface area contributed by atoms with Crippen molar-refractivity contribution in [1.29, 1.82) is 0 Å². The van der Waals surface area contributed by atoms with Crippen LogP contribution in [-0.4, -0.2) is 90.9 Å². The Labute approximate surface area is 121 Å². The van der Waals surface area contributed by atoms with E-state index in [4.69, 9.17) is 0 Å². The topological polar surface area (TPSA) is 47.1 Å². The number of rotatable bonds is 4. The first-order valence-corrected chi connectivity index (χ1v) is 7.39. The zero-order valence-corrected chi connectivity index (χ0v) is 13.1. The van der Waals surface area contributed by atoms with Crippen molar-refractivity contribution in [2.24, 2.45) is 0 Å². The Morgan fingerprint density at radius 1 is 1.20 bits per heavy atom. The number of likely N-dealkylation sites (tertiary alicyclic amines) is 1. The van der Waals surface area contributed by atoms with Crippen LogP contribution in [0.4, 0.5) is 4.79 Å². The maximum Gasteiger partial charge on any atom is 0.327 e. The van der Waals surface area contributed by atoms with Crippen molar-refractivity contribution in [3.8, 4) is 0 Å². The second-order valence-electron chi connectivity index (χ2n) is 6.12. The average molecular weight is 282 g/mol. The van der Waals surface area contributed by atoms with E-state index in [0.29, 0.717) is 19.6 Å². The summed E-state index contributed by atoms with van der Waals surface area (Å²) >= 11 is 0. The monoisotopic (exact) mass is 282 g/mol. The summed E-state index contributed by atoms with van der Waals surface area (Å²) in [6, 6.07) is -0.107. The second-order valence-corrected chi connectivity index (χ2v) is 6.12. The highest BCUT2D eigenvalue weighted by atomic mass is 16.2. The molecule has 2 heterocycles. The van der Waals surface area contributed by atoms with Crippen molar-refractivity contribution in [1.82, 2.24) is 19.6 Å². The molecule has 0 aromatic heterocycles. The van der Waals surface area contributed by atoms with Gasteiger partial charge >= 0.3 is 6.03 Å². The van der Waals surface area contributed by atoms with Gasteiger partial charge in [0, 0.05) is 32.7 Å². The normalized spacial score (nSPS) is 23.4. The molecule has 0 unspecified atom stereocenters. The molecular weight excluding hydrogens is 256 g/mol. The van der Waals surface area contributed by atoms with Crippen molar-refractivity contribution in [3.05, 3.63) is 0 Å². The second kappa shape index (κ2) is 5.69. The van der Waals surface area contributed by atoms with Gasteiger partial charge in [-0.3, -0.25) is 9.69 Å². The molecule has 0 saturated carbocycles. The Hall–Kier alpha value is -1.14. The molecule has 2 aliphatic heterocycles. The number of nitrogens with zero attached hydrogens (tertiary/aromatic N) is 4. The van der Waals surface area contributed by atoms with Gasteiger partial charge in [0.2, 0.25) is 0 Å². The van der Waals surface area contributed by atoms with Gasteiger partial charge in [-0.15, -0.1) is 0 Å². The minimum atomic E-state index is -0.579. The van der Waals surface area contributed by atoms with Crippen LogP contribution >= 0.6 is 0 Å². The lowest BCUT2D eigenvalue weighted by Crippen LogP contribution is -2.55. The molecule has 0 radical (unpaired) electrons. The van der Waals surface area contributed by atoms with Crippen molar-refractivity contribution in [2.75, 3.05) is 53.9 Å². The van der Waals surface area contributed by atoms with E-state index in [1.807, 2.05) is 25.9 Å². The van der Waals surface area contributed by atoms with Crippen LogP contribution in [0.3, 0.4) is 0 Å². The highest BCUT2D eigenvalue weighted by Gasteiger charge is 2.56. The zero-order chi connectivity index (χ0) is 14.9. The van der Waals surface area contributed by atoms with Gasteiger partial charge in [0.15, 0.2) is 0 Å². The van der Waals surface area contributed by atoms with E-state index in [2.05, 4.69) is 11.9 Å². The van der Waals surface area contributed by atoms with Crippen LogP contribution in [0.1, 0.15) is 19.8 Å². The van der Waals surface area contributed by atoms with Crippen molar-refractivity contribution >= 4 is 11.9 Å². The lowest BCUT2D eigenvalue weighted by Gasteiger charge is -2.40. The van der Waals surface area contributed by atoms with E-state index in [0.717, 1.165) is 25.9 Å². The van der Waals surface area contributed by atoms with Crippen LogP contribution in [0, 0.1) is 0 Å². The highest BCUT2D eigenvalue weighted by molar-refractivity contribution is 6.07. The van der Waals surface area contributed by atoms with Crippen LogP contribution < -0.4 is 0 Å². The molecule has 2 rings (SSSR count). The number of likely N-dealkylation sites (N-methyl/N-ethyl adjacent to an activating group) is 2. The maximum absolute atomic E-state index is 12.8. The minimum absolute atomic E-state index is 0.0132. The minimum Gasteiger partial charge on any atom is -0.310 e. The van der Waals surface area contributed by atoms with Gasteiger partial charge in [-0.2, -0.15) is 0 Å². The van der Waals surface area contributed by atoms with E-state index < -0.39 is 5.54 Å². The SMILES string of the molecule is CCN1C(=O)N(CCN(C)C)C(=O)C12CCN(C)CC2. The van der Waals surface area contributed by atoms with Gasteiger partial charge in [0.25, 0.3) is 5.91 Å². The van der Waals surface area contributed by atoms with Crippen LogP contribution in [0.2, 0.25) is 0 Å². The molecule has 6 nitrogen and oxygen atoms in total. The predicted molar refractivity (Wildman–Crippen MR) is 77.5 cm³/mol. The summed E-state index contributed by atoms with van der Waals surface area (Å²) in [5.74, 6) is 0.0132. The van der Waals surface area contributed by atoms with Crippen molar-refractivity contribution < 1.29 is 9.59 Å². The largest absolute Gasteiger partial charge is 0.327 e. The summed E-state index contributed by atoms with van der Waals surface area (Å²) in [7, 11) is 5.97. The first kappa shape index (κ1) is 15.3. The number of hydrogen-bond acceptors (Lipinski definition) is 4. The lowest BCUT2D eigenvalue weighted by molar-refractivity contribution is -0.135. The van der Waals surface area contributed by atoms with Crippen molar-refractivity contribution in [2.45, 2.75) is 25.3 Å². The molecule has 2 saturated heterocycles. The van der Waals surface area contributed by atoms with E-state index >= 15 is 0 Å². The van der Waals surface area contributed by atoms with Gasteiger partial charge < -0.3 is 14.7 Å². The summed E-state index contributed by atoms with van der Waals surface area (Å²) in [4.78, 5) is 32.8. The van der Waals surface area contributed by atoms with Crippen LogP contribution in [0.15, 0.2) is 0 Å². The third kappa shape index (κ3) is 2.42. The van der Waals surface area contributed by atoms with E-state index in [1.54, 1.807) is 4.90 Å². The molecule has 0 aliphatic carbocycles. The number of carbonyl (C=O) groups is 2. The van der Waals surface area contributed by atoms with E-state index in [1.165, 1.54) is 4.90 Å². The number of hydrogen-bond donors (Lipinski definition) is 0. The molecule has 0 atom stereocenters. The Kier molecular flexibility index (Phi) is 4.34.